The summed E-state index contributed by atoms with van der Waals surface area (Å²) in [5.74, 6) is -2.17. The topological polar surface area (TPSA) is 12.0 Å². The Balaban J connectivity index is 2.50. The minimum atomic E-state index is -0.932. The van der Waals surface area contributed by atoms with Crippen molar-refractivity contribution in [2.24, 2.45) is 0 Å². The molecule has 1 N–H and O–H groups in total. The first-order valence-electron chi connectivity index (χ1n) is 6.48. The van der Waals surface area contributed by atoms with Crippen LogP contribution >= 0.6 is 0 Å². The van der Waals surface area contributed by atoms with Crippen LogP contribution in [-0.4, -0.2) is 6.54 Å². The van der Waals surface area contributed by atoms with Crippen molar-refractivity contribution in [3.05, 3.63) is 70.5 Å². The molecule has 0 spiro atoms. The molecule has 0 saturated heterocycles. The van der Waals surface area contributed by atoms with E-state index in [-0.39, 0.29) is 5.82 Å². The lowest BCUT2D eigenvalue weighted by Crippen LogP contribution is -2.23. The molecule has 20 heavy (non-hydrogen) atoms. The molecule has 0 bridgehead atoms. The van der Waals surface area contributed by atoms with Gasteiger partial charge in [-0.3, -0.25) is 0 Å². The molecule has 0 fully saturated rings. The Kier molecular flexibility index (Phi) is 4.45. The molecule has 0 aliphatic heterocycles. The highest BCUT2D eigenvalue weighted by Gasteiger charge is 2.19. The highest BCUT2D eigenvalue weighted by Crippen LogP contribution is 2.27. The van der Waals surface area contributed by atoms with Crippen LogP contribution in [0.4, 0.5) is 13.2 Å². The van der Waals surface area contributed by atoms with Crippen LogP contribution in [0, 0.1) is 24.4 Å². The van der Waals surface area contributed by atoms with Gasteiger partial charge in [-0.25, -0.2) is 13.2 Å². The monoisotopic (exact) mass is 279 g/mol. The number of aryl methyl sites for hydroxylation is 1. The van der Waals surface area contributed by atoms with Gasteiger partial charge < -0.3 is 5.32 Å². The third kappa shape index (κ3) is 2.85. The molecule has 0 heterocycles. The smallest absolute Gasteiger partial charge is 0.159 e. The zero-order valence-corrected chi connectivity index (χ0v) is 11.4. The largest absolute Gasteiger partial charge is 0.306 e. The average Bonchev–Trinajstić information content (AvgIpc) is 2.43. The lowest BCUT2D eigenvalue weighted by molar-refractivity contribution is 0.501. The Morgan fingerprint density at radius 3 is 2.45 bits per heavy atom. The normalized spacial score (nSPS) is 12.4. The fraction of sp³-hybridized carbons (Fsp3) is 0.250. The Morgan fingerprint density at radius 1 is 1.05 bits per heavy atom. The summed E-state index contributed by atoms with van der Waals surface area (Å²) in [5.41, 5.74) is 1.45. The molecule has 0 amide bonds. The SMILES string of the molecule is CCNC(c1ccc(F)c(F)c1)c1cccc(C)c1F. The van der Waals surface area contributed by atoms with Gasteiger partial charge in [-0.1, -0.05) is 31.2 Å². The van der Waals surface area contributed by atoms with Gasteiger partial charge in [0.25, 0.3) is 0 Å². The van der Waals surface area contributed by atoms with Gasteiger partial charge in [0.05, 0.1) is 6.04 Å². The average molecular weight is 279 g/mol. The highest BCUT2D eigenvalue weighted by atomic mass is 19.2. The second-order valence-electron chi connectivity index (χ2n) is 4.64. The molecule has 2 aromatic carbocycles. The van der Waals surface area contributed by atoms with Crippen molar-refractivity contribution < 1.29 is 13.2 Å². The summed E-state index contributed by atoms with van der Waals surface area (Å²) in [4.78, 5) is 0. The summed E-state index contributed by atoms with van der Waals surface area (Å²) in [6, 6.07) is 8.19. The van der Waals surface area contributed by atoms with Crippen LogP contribution in [-0.2, 0) is 0 Å². The maximum Gasteiger partial charge on any atom is 0.159 e. The first-order valence-corrected chi connectivity index (χ1v) is 6.48. The molecule has 0 aliphatic carbocycles. The molecular formula is C16H16F3N. The van der Waals surface area contributed by atoms with Crippen molar-refractivity contribution in [1.82, 2.24) is 5.32 Å². The third-order valence-corrected chi connectivity index (χ3v) is 3.22. The summed E-state index contributed by atoms with van der Waals surface area (Å²) in [6.07, 6.45) is 0. The molecule has 2 aromatic rings. The molecule has 2 rings (SSSR count). The first kappa shape index (κ1) is 14.6. The molecule has 1 nitrogen and oxygen atoms in total. The van der Waals surface area contributed by atoms with E-state index < -0.39 is 17.7 Å². The minimum Gasteiger partial charge on any atom is -0.306 e. The predicted molar refractivity (Wildman–Crippen MR) is 73.0 cm³/mol. The van der Waals surface area contributed by atoms with Gasteiger partial charge in [0.2, 0.25) is 0 Å². The summed E-state index contributed by atoms with van der Waals surface area (Å²) in [5, 5.41) is 3.10. The number of benzene rings is 2. The van der Waals surface area contributed by atoms with Crippen molar-refractivity contribution >= 4 is 0 Å². The summed E-state index contributed by atoms with van der Waals surface area (Å²) >= 11 is 0. The summed E-state index contributed by atoms with van der Waals surface area (Å²) in [7, 11) is 0. The quantitative estimate of drug-likeness (QED) is 0.888. The molecule has 0 saturated carbocycles. The van der Waals surface area contributed by atoms with Crippen molar-refractivity contribution in [2.45, 2.75) is 19.9 Å². The third-order valence-electron chi connectivity index (χ3n) is 3.22. The van der Waals surface area contributed by atoms with E-state index in [1.165, 1.54) is 6.07 Å². The number of hydrogen-bond acceptors (Lipinski definition) is 1. The second kappa shape index (κ2) is 6.09. The van der Waals surface area contributed by atoms with Crippen LogP contribution in [0.5, 0.6) is 0 Å². The molecule has 0 radical (unpaired) electrons. The van der Waals surface area contributed by atoms with Crippen molar-refractivity contribution in [3.8, 4) is 0 Å². The molecular weight excluding hydrogens is 263 g/mol. The van der Waals surface area contributed by atoms with E-state index in [0.717, 1.165) is 12.1 Å². The summed E-state index contributed by atoms with van der Waals surface area (Å²) < 4.78 is 40.6. The van der Waals surface area contributed by atoms with Crippen molar-refractivity contribution in [1.29, 1.82) is 0 Å². The van der Waals surface area contributed by atoms with Gasteiger partial charge in [0.1, 0.15) is 5.82 Å². The maximum absolute atomic E-state index is 14.2. The van der Waals surface area contributed by atoms with Crippen LogP contribution in [0.2, 0.25) is 0 Å². The first-order chi connectivity index (χ1) is 9.54. The molecule has 106 valence electrons. The van der Waals surface area contributed by atoms with E-state index in [1.54, 1.807) is 25.1 Å². The van der Waals surface area contributed by atoms with E-state index in [2.05, 4.69) is 5.32 Å². The van der Waals surface area contributed by atoms with E-state index in [1.807, 2.05) is 6.92 Å². The number of halogens is 3. The van der Waals surface area contributed by atoms with Crippen LogP contribution in [0.25, 0.3) is 0 Å². The minimum absolute atomic E-state index is 0.330. The van der Waals surface area contributed by atoms with E-state index >= 15 is 0 Å². The molecule has 0 aliphatic rings. The number of nitrogens with one attached hydrogen (secondary N) is 1. The molecule has 1 unspecified atom stereocenters. The van der Waals surface area contributed by atoms with E-state index in [9.17, 15) is 13.2 Å². The number of hydrogen-bond donors (Lipinski definition) is 1. The van der Waals surface area contributed by atoms with Crippen LogP contribution in [0.1, 0.15) is 29.7 Å². The fourth-order valence-corrected chi connectivity index (χ4v) is 2.20. The Morgan fingerprint density at radius 2 is 1.80 bits per heavy atom. The van der Waals surface area contributed by atoms with Crippen molar-refractivity contribution in [3.63, 3.8) is 0 Å². The van der Waals surface area contributed by atoms with Crippen LogP contribution in [0.3, 0.4) is 0 Å². The van der Waals surface area contributed by atoms with Gasteiger partial charge in [-0.2, -0.15) is 0 Å². The Hall–Kier alpha value is -1.81. The Bertz CT molecular complexity index is 611. The molecule has 0 aromatic heterocycles. The van der Waals surface area contributed by atoms with Gasteiger partial charge in [0.15, 0.2) is 11.6 Å². The lowest BCUT2D eigenvalue weighted by Gasteiger charge is -2.20. The van der Waals surface area contributed by atoms with Crippen LogP contribution in [0.15, 0.2) is 36.4 Å². The molecule has 1 atom stereocenters. The second-order valence-corrected chi connectivity index (χ2v) is 4.64. The zero-order valence-electron chi connectivity index (χ0n) is 11.4. The van der Waals surface area contributed by atoms with E-state index in [0.29, 0.717) is 23.2 Å². The standard InChI is InChI=1S/C16H16F3N/c1-3-20-16(11-7-8-13(17)14(18)9-11)12-6-4-5-10(2)15(12)19/h4-9,16,20H,3H2,1-2H3. The lowest BCUT2D eigenvalue weighted by atomic mass is 9.96. The van der Waals surface area contributed by atoms with Crippen LogP contribution < -0.4 is 5.32 Å². The van der Waals surface area contributed by atoms with Gasteiger partial charge in [0, 0.05) is 5.56 Å². The maximum atomic E-state index is 14.2. The summed E-state index contributed by atoms with van der Waals surface area (Å²) in [6.45, 7) is 4.13. The van der Waals surface area contributed by atoms with Gasteiger partial charge in [-0.05, 0) is 36.7 Å². The van der Waals surface area contributed by atoms with Gasteiger partial charge in [-0.15, -0.1) is 0 Å². The van der Waals surface area contributed by atoms with E-state index in [4.69, 9.17) is 0 Å². The van der Waals surface area contributed by atoms with Gasteiger partial charge >= 0.3 is 0 Å². The molecule has 4 heteroatoms. The highest BCUT2D eigenvalue weighted by molar-refractivity contribution is 5.35. The fourth-order valence-electron chi connectivity index (χ4n) is 2.20. The Labute approximate surface area is 116 Å². The van der Waals surface area contributed by atoms with Crippen molar-refractivity contribution in [2.75, 3.05) is 6.54 Å². The predicted octanol–water partition coefficient (Wildman–Crippen LogP) is 4.11. The number of rotatable bonds is 4. The zero-order chi connectivity index (χ0) is 14.7.